The van der Waals surface area contributed by atoms with Gasteiger partial charge in [0, 0.05) is 26.3 Å². The molecule has 1 aliphatic rings. The fraction of sp³-hybridized carbons (Fsp3) is 0.333. The molecule has 0 radical (unpaired) electrons. The lowest BCUT2D eigenvalue weighted by Gasteiger charge is -2.25. The van der Waals surface area contributed by atoms with Crippen molar-refractivity contribution in [2.24, 2.45) is 7.05 Å². The molecule has 0 bridgehead atoms. The van der Waals surface area contributed by atoms with Crippen LogP contribution < -0.4 is 0 Å². The third kappa shape index (κ3) is 2.05. The van der Waals surface area contributed by atoms with Crippen molar-refractivity contribution in [2.45, 2.75) is 6.42 Å². The molecule has 0 unspecified atom stereocenters. The monoisotopic (exact) mass is 217 g/mol. The molecule has 0 aromatic carbocycles. The molecule has 1 aromatic heterocycles. The van der Waals surface area contributed by atoms with Gasteiger partial charge in [0.15, 0.2) is 0 Å². The van der Waals surface area contributed by atoms with Crippen LogP contribution in [-0.4, -0.2) is 33.7 Å². The second kappa shape index (κ2) is 4.35. The van der Waals surface area contributed by atoms with Crippen LogP contribution >= 0.6 is 0 Å². The van der Waals surface area contributed by atoms with E-state index in [0.717, 1.165) is 18.5 Å². The van der Waals surface area contributed by atoms with Crippen molar-refractivity contribution in [1.82, 2.24) is 14.7 Å². The molecule has 4 heteroatoms. The van der Waals surface area contributed by atoms with Gasteiger partial charge in [-0.1, -0.05) is 18.7 Å². The minimum Gasteiger partial charge on any atom is -0.333 e. The number of nitrogens with zero attached hydrogens (tertiary/aromatic N) is 3. The van der Waals surface area contributed by atoms with E-state index in [9.17, 15) is 4.79 Å². The zero-order valence-corrected chi connectivity index (χ0v) is 9.39. The molecule has 0 atom stereocenters. The van der Waals surface area contributed by atoms with E-state index < -0.39 is 0 Å². The van der Waals surface area contributed by atoms with Crippen molar-refractivity contribution < 1.29 is 4.79 Å². The van der Waals surface area contributed by atoms with Gasteiger partial charge in [-0.25, -0.2) is 0 Å². The summed E-state index contributed by atoms with van der Waals surface area (Å²) >= 11 is 0. The highest BCUT2D eigenvalue weighted by Gasteiger charge is 2.20. The standard InChI is InChI=1S/C12H15N3O/c1-3-10-5-4-7-15(9-10)12(16)11-6-8-14(2)13-11/h3,5-6,8H,1,4,7,9H2,2H3. The van der Waals surface area contributed by atoms with Gasteiger partial charge in [0.1, 0.15) is 5.69 Å². The molecule has 84 valence electrons. The van der Waals surface area contributed by atoms with Crippen LogP contribution in [0.1, 0.15) is 16.9 Å². The first kappa shape index (κ1) is 10.7. The molecule has 2 rings (SSSR count). The Labute approximate surface area is 94.9 Å². The molecule has 0 saturated carbocycles. The molecule has 0 N–H and O–H groups in total. The molecule has 0 spiro atoms. The average Bonchev–Trinajstić information content (AvgIpc) is 2.75. The maximum absolute atomic E-state index is 12.1. The highest BCUT2D eigenvalue weighted by atomic mass is 16.2. The van der Waals surface area contributed by atoms with Crippen LogP contribution in [0.3, 0.4) is 0 Å². The van der Waals surface area contributed by atoms with Crippen LogP contribution in [0, 0.1) is 0 Å². The van der Waals surface area contributed by atoms with Crippen molar-refractivity contribution in [3.8, 4) is 0 Å². The Balaban J connectivity index is 2.12. The fourth-order valence-electron chi connectivity index (χ4n) is 1.78. The Kier molecular flexibility index (Phi) is 2.90. The minimum absolute atomic E-state index is 0.00644. The summed E-state index contributed by atoms with van der Waals surface area (Å²) in [7, 11) is 1.81. The number of aryl methyl sites for hydroxylation is 1. The number of rotatable bonds is 2. The smallest absolute Gasteiger partial charge is 0.274 e. The lowest BCUT2D eigenvalue weighted by atomic mass is 10.1. The van der Waals surface area contributed by atoms with Gasteiger partial charge in [-0.3, -0.25) is 9.48 Å². The number of amides is 1. The van der Waals surface area contributed by atoms with Gasteiger partial charge in [-0.15, -0.1) is 0 Å². The fourth-order valence-corrected chi connectivity index (χ4v) is 1.78. The largest absolute Gasteiger partial charge is 0.333 e. The Morgan fingerprint density at radius 2 is 2.44 bits per heavy atom. The average molecular weight is 217 g/mol. The predicted molar refractivity (Wildman–Crippen MR) is 62.0 cm³/mol. The first-order valence-electron chi connectivity index (χ1n) is 5.31. The molecule has 0 aliphatic carbocycles. The lowest BCUT2D eigenvalue weighted by molar-refractivity contribution is 0.0761. The second-order valence-corrected chi connectivity index (χ2v) is 3.87. The third-order valence-corrected chi connectivity index (χ3v) is 2.66. The van der Waals surface area contributed by atoms with Crippen molar-refractivity contribution in [3.05, 3.63) is 42.3 Å². The topological polar surface area (TPSA) is 38.1 Å². The highest BCUT2D eigenvalue weighted by Crippen LogP contribution is 2.12. The highest BCUT2D eigenvalue weighted by molar-refractivity contribution is 5.92. The number of hydrogen-bond acceptors (Lipinski definition) is 2. The number of carbonyl (C=O) groups excluding carboxylic acids is 1. The lowest BCUT2D eigenvalue weighted by Crippen LogP contribution is -2.35. The van der Waals surface area contributed by atoms with Crippen LogP contribution in [0.4, 0.5) is 0 Å². The van der Waals surface area contributed by atoms with Crippen molar-refractivity contribution in [3.63, 3.8) is 0 Å². The van der Waals surface area contributed by atoms with Gasteiger partial charge in [0.2, 0.25) is 0 Å². The summed E-state index contributed by atoms with van der Waals surface area (Å²) in [6.45, 7) is 5.12. The van der Waals surface area contributed by atoms with E-state index in [2.05, 4.69) is 17.8 Å². The van der Waals surface area contributed by atoms with Gasteiger partial charge in [-0.05, 0) is 18.1 Å². The molecule has 0 fully saturated rings. The summed E-state index contributed by atoms with van der Waals surface area (Å²) < 4.78 is 1.64. The maximum atomic E-state index is 12.1. The van der Waals surface area contributed by atoms with E-state index in [1.165, 1.54) is 0 Å². The van der Waals surface area contributed by atoms with E-state index in [0.29, 0.717) is 12.2 Å². The van der Waals surface area contributed by atoms with Crippen molar-refractivity contribution in [2.75, 3.05) is 13.1 Å². The quantitative estimate of drug-likeness (QED) is 0.750. The maximum Gasteiger partial charge on any atom is 0.274 e. The van der Waals surface area contributed by atoms with Gasteiger partial charge >= 0.3 is 0 Å². The Morgan fingerprint density at radius 1 is 1.62 bits per heavy atom. The molecular weight excluding hydrogens is 202 g/mol. The van der Waals surface area contributed by atoms with E-state index in [4.69, 9.17) is 0 Å². The molecule has 1 amide bonds. The third-order valence-electron chi connectivity index (χ3n) is 2.66. The Morgan fingerprint density at radius 3 is 3.06 bits per heavy atom. The molecule has 1 aromatic rings. The normalized spacial score (nSPS) is 15.8. The number of hydrogen-bond donors (Lipinski definition) is 0. The van der Waals surface area contributed by atoms with E-state index in [1.807, 2.05) is 7.05 Å². The molecule has 4 nitrogen and oxygen atoms in total. The molecular formula is C12H15N3O. The van der Waals surface area contributed by atoms with Gasteiger partial charge in [0.05, 0.1) is 0 Å². The summed E-state index contributed by atoms with van der Waals surface area (Å²) in [6, 6.07) is 1.74. The van der Waals surface area contributed by atoms with Crippen LogP contribution in [0.15, 0.2) is 36.6 Å². The number of carbonyl (C=O) groups is 1. The van der Waals surface area contributed by atoms with Crippen molar-refractivity contribution >= 4 is 5.91 Å². The van der Waals surface area contributed by atoms with Gasteiger partial charge in [0.25, 0.3) is 5.91 Å². The zero-order valence-electron chi connectivity index (χ0n) is 9.39. The summed E-state index contributed by atoms with van der Waals surface area (Å²) in [5.74, 6) is -0.00644. The van der Waals surface area contributed by atoms with Gasteiger partial charge < -0.3 is 4.90 Å². The molecule has 0 saturated heterocycles. The van der Waals surface area contributed by atoms with Crippen molar-refractivity contribution in [1.29, 1.82) is 0 Å². The predicted octanol–water partition coefficient (Wildman–Crippen LogP) is 1.38. The molecule has 2 heterocycles. The summed E-state index contributed by atoms with van der Waals surface area (Å²) in [5, 5.41) is 4.12. The molecule has 16 heavy (non-hydrogen) atoms. The van der Waals surface area contributed by atoms with Gasteiger partial charge in [-0.2, -0.15) is 5.10 Å². The summed E-state index contributed by atoms with van der Waals surface area (Å²) in [5.41, 5.74) is 1.61. The second-order valence-electron chi connectivity index (χ2n) is 3.87. The molecule has 1 aliphatic heterocycles. The summed E-state index contributed by atoms with van der Waals surface area (Å²) in [4.78, 5) is 13.9. The Bertz CT molecular complexity index is 445. The van der Waals surface area contributed by atoms with Crippen LogP contribution in [0.2, 0.25) is 0 Å². The van der Waals surface area contributed by atoms with Crippen LogP contribution in [0.25, 0.3) is 0 Å². The van der Waals surface area contributed by atoms with Crippen LogP contribution in [0.5, 0.6) is 0 Å². The summed E-state index contributed by atoms with van der Waals surface area (Å²) in [6.07, 6.45) is 6.59. The van der Waals surface area contributed by atoms with Crippen LogP contribution in [-0.2, 0) is 7.05 Å². The minimum atomic E-state index is -0.00644. The Hall–Kier alpha value is -1.84. The SMILES string of the molecule is C=CC1=CCCN(C(=O)c2ccn(C)n2)C1. The first-order valence-corrected chi connectivity index (χ1v) is 5.31. The number of aromatic nitrogens is 2. The van der Waals surface area contributed by atoms with E-state index >= 15 is 0 Å². The van der Waals surface area contributed by atoms with E-state index in [1.54, 1.807) is 27.9 Å². The van der Waals surface area contributed by atoms with E-state index in [-0.39, 0.29) is 5.91 Å². The first-order chi connectivity index (χ1) is 7.70. The zero-order chi connectivity index (χ0) is 11.5.